The molecule has 1 aromatic carbocycles. The Kier molecular flexibility index (Phi) is 5.45. The van der Waals surface area contributed by atoms with Crippen molar-refractivity contribution in [2.75, 3.05) is 7.11 Å². The third kappa shape index (κ3) is 4.36. The second-order valence-corrected chi connectivity index (χ2v) is 4.50. The Balaban J connectivity index is 2.72. The maximum absolute atomic E-state index is 9.24. The van der Waals surface area contributed by atoms with Gasteiger partial charge in [-0.3, -0.25) is 0 Å². The molecular formula is C14H22O3. The number of hydrogen-bond donors (Lipinski definition) is 1. The van der Waals surface area contributed by atoms with E-state index in [1.165, 1.54) is 0 Å². The molecule has 0 spiro atoms. The molecule has 1 aromatic rings. The number of hydrogen-bond acceptors (Lipinski definition) is 3. The number of aliphatic hydroxyl groups excluding tert-OH is 1. The summed E-state index contributed by atoms with van der Waals surface area (Å²) in [6, 6.07) is 5.88. The number of rotatable bonds is 6. The molecule has 1 atom stereocenters. The SMILES string of the molecule is COc1ccc(CC(C)OC(C)C)cc1CO. The fourth-order valence-electron chi connectivity index (χ4n) is 1.93. The second-order valence-electron chi connectivity index (χ2n) is 4.50. The van der Waals surface area contributed by atoms with Gasteiger partial charge < -0.3 is 14.6 Å². The lowest BCUT2D eigenvalue weighted by Gasteiger charge is -2.17. The van der Waals surface area contributed by atoms with Crippen LogP contribution < -0.4 is 4.74 Å². The zero-order chi connectivity index (χ0) is 12.8. The molecule has 0 bridgehead atoms. The second kappa shape index (κ2) is 6.62. The van der Waals surface area contributed by atoms with E-state index >= 15 is 0 Å². The molecule has 0 radical (unpaired) electrons. The molecule has 0 fully saturated rings. The normalized spacial score (nSPS) is 12.8. The zero-order valence-electron chi connectivity index (χ0n) is 11.1. The standard InChI is InChI=1S/C14H22O3/c1-10(2)17-11(3)7-12-5-6-14(16-4)13(8-12)9-15/h5-6,8,10-11,15H,7,9H2,1-4H3. The van der Waals surface area contributed by atoms with E-state index < -0.39 is 0 Å². The predicted octanol–water partition coefficient (Wildman–Crippen LogP) is 2.54. The van der Waals surface area contributed by atoms with Crippen LogP contribution >= 0.6 is 0 Å². The molecule has 1 N–H and O–H groups in total. The fraction of sp³-hybridized carbons (Fsp3) is 0.571. The summed E-state index contributed by atoms with van der Waals surface area (Å²) in [6.45, 7) is 6.12. The van der Waals surface area contributed by atoms with Gasteiger partial charge in [-0.2, -0.15) is 0 Å². The molecule has 0 heterocycles. The minimum Gasteiger partial charge on any atom is -0.496 e. The van der Waals surface area contributed by atoms with E-state index in [0.29, 0.717) is 0 Å². The Morgan fingerprint density at radius 1 is 1.24 bits per heavy atom. The minimum atomic E-state index is -0.00354. The molecule has 0 aliphatic rings. The topological polar surface area (TPSA) is 38.7 Å². The van der Waals surface area contributed by atoms with Gasteiger partial charge in [0.05, 0.1) is 25.9 Å². The van der Waals surface area contributed by atoms with Crippen molar-refractivity contribution in [1.29, 1.82) is 0 Å². The third-order valence-electron chi connectivity index (χ3n) is 2.54. The van der Waals surface area contributed by atoms with E-state index in [9.17, 15) is 5.11 Å². The monoisotopic (exact) mass is 238 g/mol. The summed E-state index contributed by atoms with van der Waals surface area (Å²) in [4.78, 5) is 0. The molecule has 0 aliphatic heterocycles. The van der Waals surface area contributed by atoms with Crippen LogP contribution in [0.15, 0.2) is 18.2 Å². The van der Waals surface area contributed by atoms with Crippen molar-refractivity contribution in [3.05, 3.63) is 29.3 Å². The van der Waals surface area contributed by atoms with Crippen LogP contribution in [-0.4, -0.2) is 24.4 Å². The highest BCUT2D eigenvalue weighted by atomic mass is 16.5. The summed E-state index contributed by atoms with van der Waals surface area (Å²) >= 11 is 0. The molecule has 3 heteroatoms. The first kappa shape index (κ1) is 14.0. The van der Waals surface area contributed by atoms with Gasteiger partial charge in [0.1, 0.15) is 5.75 Å². The Morgan fingerprint density at radius 3 is 2.47 bits per heavy atom. The summed E-state index contributed by atoms with van der Waals surface area (Å²) in [5.74, 6) is 0.730. The number of ether oxygens (including phenoxy) is 2. The van der Waals surface area contributed by atoms with Crippen LogP contribution in [0, 0.1) is 0 Å². The lowest BCUT2D eigenvalue weighted by Crippen LogP contribution is -2.16. The first-order chi connectivity index (χ1) is 8.06. The van der Waals surface area contributed by atoms with E-state index in [2.05, 4.69) is 6.92 Å². The molecule has 1 rings (SSSR count). The van der Waals surface area contributed by atoms with Gasteiger partial charge in [0, 0.05) is 5.56 Å². The van der Waals surface area contributed by atoms with E-state index in [-0.39, 0.29) is 18.8 Å². The van der Waals surface area contributed by atoms with E-state index in [1.54, 1.807) is 7.11 Å². The Bertz CT molecular complexity index is 347. The van der Waals surface area contributed by atoms with Gasteiger partial charge in [-0.05, 0) is 44.9 Å². The molecule has 0 amide bonds. The average Bonchev–Trinajstić information content (AvgIpc) is 2.27. The first-order valence-electron chi connectivity index (χ1n) is 5.99. The molecule has 3 nitrogen and oxygen atoms in total. The minimum absolute atomic E-state index is 0.00354. The third-order valence-corrected chi connectivity index (χ3v) is 2.54. The van der Waals surface area contributed by atoms with Gasteiger partial charge in [0.25, 0.3) is 0 Å². The molecule has 96 valence electrons. The van der Waals surface area contributed by atoms with Gasteiger partial charge >= 0.3 is 0 Å². The highest BCUT2D eigenvalue weighted by molar-refractivity contribution is 5.37. The number of methoxy groups -OCH3 is 1. The lowest BCUT2D eigenvalue weighted by molar-refractivity contribution is 0.0194. The van der Waals surface area contributed by atoms with Crippen molar-refractivity contribution < 1.29 is 14.6 Å². The molecule has 0 saturated heterocycles. The highest BCUT2D eigenvalue weighted by Crippen LogP contribution is 2.21. The smallest absolute Gasteiger partial charge is 0.124 e. The molecule has 0 aliphatic carbocycles. The van der Waals surface area contributed by atoms with Crippen LogP contribution in [-0.2, 0) is 17.8 Å². The predicted molar refractivity (Wildman–Crippen MR) is 68.3 cm³/mol. The van der Waals surface area contributed by atoms with Crippen molar-refractivity contribution >= 4 is 0 Å². The quantitative estimate of drug-likeness (QED) is 0.827. The summed E-state index contributed by atoms with van der Waals surface area (Å²) in [5.41, 5.74) is 1.98. The van der Waals surface area contributed by atoms with Crippen molar-refractivity contribution in [2.24, 2.45) is 0 Å². The van der Waals surface area contributed by atoms with E-state index in [4.69, 9.17) is 9.47 Å². The largest absolute Gasteiger partial charge is 0.496 e. The van der Waals surface area contributed by atoms with Crippen LogP contribution in [0.3, 0.4) is 0 Å². The number of benzene rings is 1. The van der Waals surface area contributed by atoms with Crippen molar-refractivity contribution in [2.45, 2.75) is 46.0 Å². The Hall–Kier alpha value is -1.06. The molecule has 0 aromatic heterocycles. The molecule has 1 unspecified atom stereocenters. The summed E-state index contributed by atoms with van der Waals surface area (Å²) in [6.07, 6.45) is 1.25. The van der Waals surface area contributed by atoms with Gasteiger partial charge in [-0.15, -0.1) is 0 Å². The molecule has 17 heavy (non-hydrogen) atoms. The molecule has 0 saturated carbocycles. The van der Waals surface area contributed by atoms with E-state index in [1.807, 2.05) is 32.0 Å². The van der Waals surface area contributed by atoms with Crippen LogP contribution in [0.4, 0.5) is 0 Å². The van der Waals surface area contributed by atoms with Crippen molar-refractivity contribution in [3.8, 4) is 5.75 Å². The van der Waals surface area contributed by atoms with Crippen LogP contribution in [0.25, 0.3) is 0 Å². The van der Waals surface area contributed by atoms with Gasteiger partial charge in [-0.25, -0.2) is 0 Å². The van der Waals surface area contributed by atoms with Gasteiger partial charge in [0.2, 0.25) is 0 Å². The summed E-state index contributed by atoms with van der Waals surface area (Å²) < 4.78 is 10.9. The maximum atomic E-state index is 9.24. The van der Waals surface area contributed by atoms with Crippen molar-refractivity contribution in [1.82, 2.24) is 0 Å². The summed E-state index contributed by atoms with van der Waals surface area (Å²) in [7, 11) is 1.61. The average molecular weight is 238 g/mol. The van der Waals surface area contributed by atoms with Gasteiger partial charge in [-0.1, -0.05) is 6.07 Å². The summed E-state index contributed by atoms with van der Waals surface area (Å²) in [5, 5.41) is 9.24. The number of aliphatic hydroxyl groups is 1. The van der Waals surface area contributed by atoms with Crippen LogP contribution in [0.1, 0.15) is 31.9 Å². The first-order valence-corrected chi connectivity index (χ1v) is 5.99. The van der Waals surface area contributed by atoms with E-state index in [0.717, 1.165) is 23.3 Å². The fourth-order valence-corrected chi connectivity index (χ4v) is 1.93. The van der Waals surface area contributed by atoms with Crippen molar-refractivity contribution in [3.63, 3.8) is 0 Å². The van der Waals surface area contributed by atoms with Gasteiger partial charge in [0.15, 0.2) is 0 Å². The zero-order valence-corrected chi connectivity index (χ0v) is 11.1. The maximum Gasteiger partial charge on any atom is 0.124 e. The highest BCUT2D eigenvalue weighted by Gasteiger charge is 2.08. The Morgan fingerprint density at radius 2 is 1.94 bits per heavy atom. The Labute approximate surface area is 103 Å². The van der Waals surface area contributed by atoms with Crippen LogP contribution in [0.5, 0.6) is 5.75 Å². The molecular weight excluding hydrogens is 216 g/mol. The van der Waals surface area contributed by atoms with Crippen LogP contribution in [0.2, 0.25) is 0 Å². The lowest BCUT2D eigenvalue weighted by atomic mass is 10.0.